The van der Waals surface area contributed by atoms with Crippen molar-refractivity contribution in [2.24, 2.45) is 5.73 Å². The SMILES string of the molecule is NCc1cccc(COc2cccc(C(F)(F)F)c2)n1. The maximum absolute atomic E-state index is 12.5. The van der Waals surface area contributed by atoms with Gasteiger partial charge in [-0.1, -0.05) is 12.1 Å². The average molecular weight is 282 g/mol. The number of benzene rings is 1. The Morgan fingerprint density at radius 1 is 1.05 bits per heavy atom. The molecule has 0 bridgehead atoms. The van der Waals surface area contributed by atoms with Gasteiger partial charge < -0.3 is 10.5 Å². The van der Waals surface area contributed by atoms with Crippen molar-refractivity contribution in [3.05, 3.63) is 59.4 Å². The first-order valence-corrected chi connectivity index (χ1v) is 5.94. The van der Waals surface area contributed by atoms with Crippen molar-refractivity contribution in [1.29, 1.82) is 0 Å². The first kappa shape index (κ1) is 14.3. The number of nitrogens with zero attached hydrogens (tertiary/aromatic N) is 1. The lowest BCUT2D eigenvalue weighted by Crippen LogP contribution is -2.06. The van der Waals surface area contributed by atoms with Crippen molar-refractivity contribution in [2.45, 2.75) is 19.3 Å². The van der Waals surface area contributed by atoms with Crippen LogP contribution in [0.4, 0.5) is 13.2 Å². The van der Waals surface area contributed by atoms with Gasteiger partial charge in [-0.15, -0.1) is 0 Å². The number of nitrogens with two attached hydrogens (primary N) is 1. The molecule has 0 unspecified atom stereocenters. The molecule has 0 aliphatic heterocycles. The highest BCUT2D eigenvalue weighted by Gasteiger charge is 2.30. The van der Waals surface area contributed by atoms with E-state index in [2.05, 4.69) is 4.98 Å². The first-order chi connectivity index (χ1) is 9.49. The van der Waals surface area contributed by atoms with Crippen LogP contribution in [0.1, 0.15) is 17.0 Å². The predicted octanol–water partition coefficient (Wildman–Crippen LogP) is 3.14. The third-order valence-corrected chi connectivity index (χ3v) is 2.62. The molecule has 0 aliphatic carbocycles. The molecule has 0 spiro atoms. The number of pyridine rings is 1. The molecule has 0 saturated carbocycles. The summed E-state index contributed by atoms with van der Waals surface area (Å²) in [5.41, 5.74) is 6.05. The summed E-state index contributed by atoms with van der Waals surface area (Å²) in [7, 11) is 0. The molecule has 1 aromatic heterocycles. The summed E-state index contributed by atoms with van der Waals surface area (Å²) in [5, 5.41) is 0. The van der Waals surface area contributed by atoms with Crippen LogP contribution in [0.15, 0.2) is 42.5 Å². The molecular formula is C14H13F3N2O. The van der Waals surface area contributed by atoms with Gasteiger partial charge in [0.25, 0.3) is 0 Å². The molecule has 2 N–H and O–H groups in total. The Hall–Kier alpha value is -2.08. The fourth-order valence-corrected chi connectivity index (χ4v) is 1.64. The molecule has 1 aromatic carbocycles. The Morgan fingerprint density at radius 2 is 1.75 bits per heavy atom. The summed E-state index contributed by atoms with van der Waals surface area (Å²) in [6, 6.07) is 10.0. The minimum absolute atomic E-state index is 0.0924. The van der Waals surface area contributed by atoms with Gasteiger partial charge in [-0.05, 0) is 30.3 Å². The molecule has 0 atom stereocenters. The lowest BCUT2D eigenvalue weighted by Gasteiger charge is -2.10. The van der Waals surface area contributed by atoms with Crippen molar-refractivity contribution in [2.75, 3.05) is 0 Å². The topological polar surface area (TPSA) is 48.1 Å². The highest BCUT2D eigenvalue weighted by molar-refractivity contribution is 5.30. The predicted molar refractivity (Wildman–Crippen MR) is 67.9 cm³/mol. The number of hydrogen-bond donors (Lipinski definition) is 1. The van der Waals surface area contributed by atoms with Gasteiger partial charge in [0.15, 0.2) is 0 Å². The smallest absolute Gasteiger partial charge is 0.416 e. The van der Waals surface area contributed by atoms with E-state index in [9.17, 15) is 13.2 Å². The quantitative estimate of drug-likeness (QED) is 0.937. The zero-order valence-corrected chi connectivity index (χ0v) is 10.5. The second-order valence-electron chi connectivity index (χ2n) is 4.14. The van der Waals surface area contributed by atoms with Crippen molar-refractivity contribution in [1.82, 2.24) is 4.98 Å². The Labute approximate surface area is 114 Å². The Balaban J connectivity index is 2.07. The third-order valence-electron chi connectivity index (χ3n) is 2.62. The van der Waals surface area contributed by atoms with Gasteiger partial charge in [-0.3, -0.25) is 4.98 Å². The molecule has 1 heterocycles. The summed E-state index contributed by atoms with van der Waals surface area (Å²) < 4.78 is 43.0. The normalized spacial score (nSPS) is 11.4. The highest BCUT2D eigenvalue weighted by Crippen LogP contribution is 2.31. The summed E-state index contributed by atoms with van der Waals surface area (Å²) in [6.07, 6.45) is -4.38. The molecular weight excluding hydrogens is 269 g/mol. The molecule has 6 heteroatoms. The largest absolute Gasteiger partial charge is 0.487 e. The van der Waals surface area contributed by atoms with Gasteiger partial charge in [-0.25, -0.2) is 0 Å². The van der Waals surface area contributed by atoms with Crippen LogP contribution in [0.5, 0.6) is 5.75 Å². The van der Waals surface area contributed by atoms with Gasteiger partial charge in [0.05, 0.1) is 17.0 Å². The minimum atomic E-state index is -4.38. The van der Waals surface area contributed by atoms with Crippen LogP contribution in [0.2, 0.25) is 0 Å². The maximum Gasteiger partial charge on any atom is 0.416 e. The fraction of sp³-hybridized carbons (Fsp3) is 0.214. The number of halogens is 3. The lowest BCUT2D eigenvalue weighted by molar-refractivity contribution is -0.137. The number of hydrogen-bond acceptors (Lipinski definition) is 3. The highest BCUT2D eigenvalue weighted by atomic mass is 19.4. The molecule has 0 aliphatic rings. The summed E-state index contributed by atoms with van der Waals surface area (Å²) >= 11 is 0. The van der Waals surface area contributed by atoms with Crippen LogP contribution in [-0.4, -0.2) is 4.98 Å². The Morgan fingerprint density at radius 3 is 2.45 bits per heavy atom. The van der Waals surface area contributed by atoms with E-state index in [4.69, 9.17) is 10.5 Å². The summed E-state index contributed by atoms with van der Waals surface area (Å²) in [4.78, 5) is 4.21. The fourth-order valence-electron chi connectivity index (χ4n) is 1.64. The average Bonchev–Trinajstić information content (AvgIpc) is 2.45. The molecule has 2 aromatic rings. The Kier molecular flexibility index (Phi) is 4.24. The van der Waals surface area contributed by atoms with E-state index in [1.165, 1.54) is 12.1 Å². The minimum Gasteiger partial charge on any atom is -0.487 e. The number of ether oxygens (including phenoxy) is 1. The zero-order chi connectivity index (χ0) is 14.6. The van der Waals surface area contributed by atoms with Crippen molar-refractivity contribution < 1.29 is 17.9 Å². The standard InChI is InChI=1S/C14H13F3N2O/c15-14(16,17)10-3-1-6-13(7-10)20-9-12-5-2-4-11(8-18)19-12/h1-7H,8-9,18H2. The van der Waals surface area contributed by atoms with Crippen LogP contribution in [0, 0.1) is 0 Å². The first-order valence-electron chi connectivity index (χ1n) is 5.94. The van der Waals surface area contributed by atoms with Crippen molar-refractivity contribution in [3.63, 3.8) is 0 Å². The molecule has 20 heavy (non-hydrogen) atoms. The Bertz CT molecular complexity index is 585. The molecule has 2 rings (SSSR count). The number of rotatable bonds is 4. The van der Waals surface area contributed by atoms with Gasteiger partial charge in [0, 0.05) is 6.54 Å². The van der Waals surface area contributed by atoms with E-state index >= 15 is 0 Å². The monoisotopic (exact) mass is 282 g/mol. The second kappa shape index (κ2) is 5.92. The second-order valence-corrected chi connectivity index (χ2v) is 4.14. The van der Waals surface area contributed by atoms with Crippen molar-refractivity contribution >= 4 is 0 Å². The van der Waals surface area contributed by atoms with Gasteiger partial charge in [0.1, 0.15) is 12.4 Å². The molecule has 3 nitrogen and oxygen atoms in total. The van der Waals surface area contributed by atoms with E-state index in [0.717, 1.165) is 12.1 Å². The van der Waals surface area contributed by atoms with Crippen LogP contribution < -0.4 is 10.5 Å². The molecule has 0 saturated heterocycles. The molecule has 0 fully saturated rings. The van der Waals surface area contributed by atoms with E-state index < -0.39 is 11.7 Å². The van der Waals surface area contributed by atoms with E-state index in [1.54, 1.807) is 18.2 Å². The summed E-state index contributed by atoms with van der Waals surface area (Å²) in [5.74, 6) is 0.153. The van der Waals surface area contributed by atoms with Crippen LogP contribution in [0.25, 0.3) is 0 Å². The number of aromatic nitrogens is 1. The lowest BCUT2D eigenvalue weighted by atomic mass is 10.2. The van der Waals surface area contributed by atoms with Crippen LogP contribution in [-0.2, 0) is 19.3 Å². The van der Waals surface area contributed by atoms with E-state index in [-0.39, 0.29) is 12.4 Å². The molecule has 106 valence electrons. The molecule has 0 radical (unpaired) electrons. The van der Waals surface area contributed by atoms with Crippen LogP contribution in [0.3, 0.4) is 0 Å². The van der Waals surface area contributed by atoms with Gasteiger partial charge >= 0.3 is 6.18 Å². The molecule has 0 amide bonds. The van der Waals surface area contributed by atoms with Crippen LogP contribution >= 0.6 is 0 Å². The summed E-state index contributed by atoms with van der Waals surface area (Å²) in [6.45, 7) is 0.395. The van der Waals surface area contributed by atoms with Crippen molar-refractivity contribution in [3.8, 4) is 5.75 Å². The van der Waals surface area contributed by atoms with E-state index in [1.807, 2.05) is 0 Å². The number of alkyl halides is 3. The van der Waals surface area contributed by atoms with E-state index in [0.29, 0.717) is 17.9 Å². The van der Waals surface area contributed by atoms with Gasteiger partial charge in [-0.2, -0.15) is 13.2 Å². The maximum atomic E-state index is 12.5. The van der Waals surface area contributed by atoms with Gasteiger partial charge in [0.2, 0.25) is 0 Å². The zero-order valence-electron chi connectivity index (χ0n) is 10.5. The third kappa shape index (κ3) is 3.71.